The number of fused-ring (bicyclic) bond motifs is 3. The van der Waals surface area contributed by atoms with Crippen LogP contribution in [0, 0.1) is 23.2 Å². The summed E-state index contributed by atoms with van der Waals surface area (Å²) < 4.78 is 17.6. The van der Waals surface area contributed by atoms with Crippen LogP contribution in [0.2, 0.25) is 0 Å². The molecule has 150 valence electrons. The van der Waals surface area contributed by atoms with E-state index in [9.17, 15) is 0 Å². The molecule has 2 atom stereocenters. The molecule has 4 fully saturated rings. The van der Waals surface area contributed by atoms with Crippen LogP contribution >= 0.6 is 11.3 Å². The molecule has 29 heavy (non-hydrogen) atoms. The summed E-state index contributed by atoms with van der Waals surface area (Å²) >= 11 is 1.60. The van der Waals surface area contributed by atoms with Crippen molar-refractivity contribution in [1.29, 1.82) is 5.41 Å². The Morgan fingerprint density at radius 1 is 1.17 bits per heavy atom. The molecule has 1 N–H and O–H groups in total. The number of hydrogen-bond acceptors (Lipinski definition) is 7. The Kier molecular flexibility index (Phi) is 4.20. The lowest BCUT2D eigenvalue weighted by Crippen LogP contribution is -2.44. The number of rotatable bonds is 6. The molecule has 0 amide bonds. The predicted octanol–water partition coefficient (Wildman–Crippen LogP) is 4.73. The Bertz CT molecular complexity index is 1040. The molecule has 3 aliphatic carbocycles. The minimum atomic E-state index is 0.0911. The highest BCUT2D eigenvalue weighted by Crippen LogP contribution is 2.47. The van der Waals surface area contributed by atoms with Crippen LogP contribution in [0.15, 0.2) is 28.1 Å². The van der Waals surface area contributed by atoms with Gasteiger partial charge in [-0.1, -0.05) is 0 Å². The van der Waals surface area contributed by atoms with E-state index >= 15 is 0 Å². The average Bonchev–Trinajstić information content (AvgIpc) is 3.39. The molecule has 0 radical (unpaired) electrons. The SMILES string of the molecule is N=C1C2CC(CCc3nc4c(OC5COC5)ccc(-c5nccs5)c4o3)CC1C2. The Morgan fingerprint density at radius 3 is 2.72 bits per heavy atom. The van der Waals surface area contributed by atoms with Gasteiger partial charge in [-0.15, -0.1) is 11.3 Å². The molecule has 2 bridgehead atoms. The maximum absolute atomic E-state index is 8.04. The van der Waals surface area contributed by atoms with Crippen molar-refractivity contribution in [2.75, 3.05) is 13.2 Å². The Morgan fingerprint density at radius 2 is 2.03 bits per heavy atom. The molecule has 4 aliphatic rings. The van der Waals surface area contributed by atoms with Gasteiger partial charge in [-0.05, 0) is 55.6 Å². The summed E-state index contributed by atoms with van der Waals surface area (Å²) in [7, 11) is 0. The number of ether oxygens (including phenoxy) is 2. The smallest absolute Gasteiger partial charge is 0.195 e. The third-order valence-corrected chi connectivity index (χ3v) is 7.37. The molecule has 7 rings (SSSR count). The molecule has 0 spiro atoms. The van der Waals surface area contributed by atoms with Gasteiger partial charge in [0.25, 0.3) is 0 Å². The average molecular weight is 410 g/mol. The molecule has 1 saturated heterocycles. The number of hydrogen-bond donors (Lipinski definition) is 1. The number of aryl methyl sites for hydroxylation is 1. The van der Waals surface area contributed by atoms with Crippen LogP contribution in [0.4, 0.5) is 0 Å². The van der Waals surface area contributed by atoms with Gasteiger partial charge < -0.3 is 19.3 Å². The van der Waals surface area contributed by atoms with Gasteiger partial charge in [0, 0.05) is 23.7 Å². The second-order valence-corrected chi connectivity index (χ2v) is 9.37. The summed E-state index contributed by atoms with van der Waals surface area (Å²) in [5.74, 6) is 3.31. The van der Waals surface area contributed by atoms with E-state index in [1.165, 1.54) is 6.42 Å². The number of nitrogens with zero attached hydrogens (tertiary/aromatic N) is 2. The topological polar surface area (TPSA) is 81.2 Å². The zero-order valence-corrected chi connectivity index (χ0v) is 16.9. The fraction of sp³-hybridized carbons (Fsp3) is 0.500. The molecular formula is C22H23N3O3S. The Balaban J connectivity index is 1.27. The van der Waals surface area contributed by atoms with Crippen molar-refractivity contribution in [3.05, 3.63) is 29.6 Å². The van der Waals surface area contributed by atoms with Crippen LogP contribution in [0.1, 0.15) is 31.6 Å². The van der Waals surface area contributed by atoms with Crippen LogP contribution in [0.25, 0.3) is 21.7 Å². The summed E-state index contributed by atoms with van der Waals surface area (Å²) in [6.45, 7) is 1.25. The van der Waals surface area contributed by atoms with E-state index in [0.717, 1.165) is 64.7 Å². The standard InChI is InChI=1S/C22H23N3O3S/c23-19-13-7-12(8-14(19)9-13)1-4-18-25-20-17(27-15-10-26-11-15)3-2-16(21(20)28-18)22-24-5-6-29-22/h2-3,5-6,12-15,23H,1,4,7-11H2. The fourth-order valence-corrected chi connectivity index (χ4v) is 5.56. The lowest BCUT2D eigenvalue weighted by Gasteiger charge is -2.46. The highest BCUT2D eigenvalue weighted by molar-refractivity contribution is 7.13. The maximum Gasteiger partial charge on any atom is 0.195 e. The van der Waals surface area contributed by atoms with Crippen molar-refractivity contribution in [2.45, 2.75) is 38.2 Å². The maximum atomic E-state index is 8.04. The zero-order chi connectivity index (χ0) is 19.4. The van der Waals surface area contributed by atoms with Crippen molar-refractivity contribution in [1.82, 2.24) is 9.97 Å². The van der Waals surface area contributed by atoms with E-state index in [4.69, 9.17) is 24.3 Å². The minimum Gasteiger partial charge on any atom is -0.483 e. The predicted molar refractivity (Wildman–Crippen MR) is 111 cm³/mol. The molecule has 2 unspecified atom stereocenters. The van der Waals surface area contributed by atoms with Crippen molar-refractivity contribution < 1.29 is 13.9 Å². The first-order chi connectivity index (χ1) is 14.2. The first kappa shape index (κ1) is 17.6. The van der Waals surface area contributed by atoms with Crippen LogP contribution in [0.5, 0.6) is 5.75 Å². The van der Waals surface area contributed by atoms with Gasteiger partial charge in [0.2, 0.25) is 0 Å². The normalized spacial score (nSPS) is 26.3. The van der Waals surface area contributed by atoms with Crippen molar-refractivity contribution >= 4 is 28.1 Å². The second-order valence-electron chi connectivity index (χ2n) is 8.47. The largest absolute Gasteiger partial charge is 0.483 e. The number of benzene rings is 1. The molecular weight excluding hydrogens is 386 g/mol. The molecule has 7 heteroatoms. The highest BCUT2D eigenvalue weighted by Gasteiger charge is 2.42. The van der Waals surface area contributed by atoms with Crippen LogP contribution in [-0.2, 0) is 11.2 Å². The van der Waals surface area contributed by atoms with Crippen molar-refractivity contribution in [3.8, 4) is 16.3 Å². The van der Waals surface area contributed by atoms with Crippen LogP contribution < -0.4 is 4.74 Å². The lowest BCUT2D eigenvalue weighted by atomic mass is 9.59. The molecule has 1 aliphatic heterocycles. The van der Waals surface area contributed by atoms with E-state index in [1.807, 2.05) is 23.7 Å². The van der Waals surface area contributed by atoms with Gasteiger partial charge in [0.1, 0.15) is 16.9 Å². The molecule has 1 aromatic carbocycles. The zero-order valence-electron chi connectivity index (χ0n) is 16.1. The molecule has 3 heterocycles. The van der Waals surface area contributed by atoms with Crippen molar-refractivity contribution in [2.24, 2.45) is 17.8 Å². The molecule has 6 nitrogen and oxygen atoms in total. The van der Waals surface area contributed by atoms with Gasteiger partial charge in [-0.3, -0.25) is 0 Å². The third kappa shape index (κ3) is 3.07. The summed E-state index contributed by atoms with van der Waals surface area (Å²) in [6.07, 6.45) is 7.37. The first-order valence-corrected chi connectivity index (χ1v) is 11.3. The summed E-state index contributed by atoms with van der Waals surface area (Å²) in [5.41, 5.74) is 3.52. The number of thiazole rings is 1. The Labute approximate surface area is 172 Å². The minimum absolute atomic E-state index is 0.0911. The van der Waals surface area contributed by atoms with Gasteiger partial charge in [0.05, 0.1) is 18.8 Å². The first-order valence-electron chi connectivity index (χ1n) is 10.4. The van der Waals surface area contributed by atoms with Crippen molar-refractivity contribution in [3.63, 3.8) is 0 Å². The number of nitrogens with one attached hydrogen (secondary N) is 1. The molecule has 3 aromatic rings. The quantitative estimate of drug-likeness (QED) is 0.637. The fourth-order valence-electron chi connectivity index (χ4n) is 4.90. The van der Waals surface area contributed by atoms with Gasteiger partial charge in [0.15, 0.2) is 17.0 Å². The van der Waals surface area contributed by atoms with Gasteiger partial charge >= 0.3 is 0 Å². The van der Waals surface area contributed by atoms with E-state index in [-0.39, 0.29) is 6.10 Å². The molecule has 2 aromatic heterocycles. The van der Waals surface area contributed by atoms with Gasteiger partial charge in [-0.25, -0.2) is 9.97 Å². The lowest BCUT2D eigenvalue weighted by molar-refractivity contribution is -0.0791. The number of aromatic nitrogens is 2. The second kappa shape index (κ2) is 6.92. The van der Waals surface area contributed by atoms with E-state index < -0.39 is 0 Å². The summed E-state index contributed by atoms with van der Waals surface area (Å²) in [6, 6.07) is 4.00. The highest BCUT2D eigenvalue weighted by atomic mass is 32.1. The van der Waals surface area contributed by atoms with Crippen LogP contribution in [-0.4, -0.2) is 35.0 Å². The number of oxazole rings is 1. The summed E-state index contributed by atoms with van der Waals surface area (Å²) in [4.78, 5) is 9.28. The Hall–Kier alpha value is -2.25. The third-order valence-electron chi connectivity index (χ3n) is 6.57. The summed E-state index contributed by atoms with van der Waals surface area (Å²) in [5, 5.41) is 10.9. The molecule has 3 saturated carbocycles. The van der Waals surface area contributed by atoms with Gasteiger partial charge in [-0.2, -0.15) is 0 Å². The van der Waals surface area contributed by atoms with E-state index in [2.05, 4.69) is 4.98 Å². The van der Waals surface area contributed by atoms with Crippen LogP contribution in [0.3, 0.4) is 0 Å². The van der Waals surface area contributed by atoms with E-state index in [0.29, 0.717) is 31.0 Å². The monoisotopic (exact) mass is 409 g/mol. The van der Waals surface area contributed by atoms with E-state index in [1.54, 1.807) is 11.3 Å².